The molecule has 0 spiro atoms. The summed E-state index contributed by atoms with van der Waals surface area (Å²) in [5.74, 6) is 0.0723. The van der Waals surface area contributed by atoms with Crippen LogP contribution in [0, 0.1) is 6.92 Å². The molecule has 184 valence electrons. The Bertz CT molecular complexity index is 1340. The number of ether oxygens (including phenoxy) is 2. The van der Waals surface area contributed by atoms with Crippen LogP contribution in [0.25, 0.3) is 6.08 Å². The molecule has 0 unspecified atom stereocenters. The van der Waals surface area contributed by atoms with Crippen LogP contribution in [0.15, 0.2) is 76.1 Å². The van der Waals surface area contributed by atoms with Crippen LogP contribution >= 0.6 is 27.7 Å². The monoisotopic (exact) mass is 566 g/mol. The van der Waals surface area contributed by atoms with Gasteiger partial charge < -0.3 is 14.8 Å². The van der Waals surface area contributed by atoms with Gasteiger partial charge in [-0.1, -0.05) is 48.0 Å². The molecule has 1 fully saturated rings. The van der Waals surface area contributed by atoms with Crippen molar-refractivity contribution in [2.45, 2.75) is 13.5 Å². The predicted octanol–water partition coefficient (Wildman–Crippen LogP) is 6.02. The van der Waals surface area contributed by atoms with Crippen molar-refractivity contribution >= 4 is 56.5 Å². The second-order valence-corrected chi connectivity index (χ2v) is 9.83. The zero-order valence-electron chi connectivity index (χ0n) is 19.6. The number of halogens is 1. The Kier molecular flexibility index (Phi) is 8.12. The Morgan fingerprint density at radius 1 is 1.06 bits per heavy atom. The van der Waals surface area contributed by atoms with E-state index in [1.165, 1.54) is 12.7 Å². The molecular weight excluding hydrogens is 544 g/mol. The van der Waals surface area contributed by atoms with Crippen LogP contribution in [0.5, 0.6) is 11.5 Å². The Hall–Kier alpha value is -3.56. The van der Waals surface area contributed by atoms with Gasteiger partial charge in [-0.3, -0.25) is 19.3 Å². The lowest BCUT2D eigenvalue weighted by Crippen LogP contribution is -2.36. The largest absolute Gasteiger partial charge is 0.493 e. The van der Waals surface area contributed by atoms with E-state index in [1.807, 2.05) is 37.3 Å². The van der Waals surface area contributed by atoms with E-state index in [0.717, 1.165) is 22.2 Å². The first-order valence-electron chi connectivity index (χ1n) is 11.0. The summed E-state index contributed by atoms with van der Waals surface area (Å²) in [6, 6.07) is 20.4. The molecule has 0 saturated carbocycles. The number of thioether (sulfide) groups is 1. The van der Waals surface area contributed by atoms with Gasteiger partial charge in [0.05, 0.1) is 17.7 Å². The minimum Gasteiger partial charge on any atom is -0.493 e. The number of methoxy groups -OCH3 is 1. The molecule has 1 aliphatic rings. The van der Waals surface area contributed by atoms with Crippen LogP contribution in [0.4, 0.5) is 10.5 Å². The van der Waals surface area contributed by atoms with Crippen molar-refractivity contribution in [3.8, 4) is 11.5 Å². The number of hydrogen-bond donors (Lipinski definition) is 1. The van der Waals surface area contributed by atoms with Crippen LogP contribution in [0.3, 0.4) is 0 Å². The number of nitrogens with one attached hydrogen (secondary N) is 1. The quantitative estimate of drug-likeness (QED) is 0.335. The average molecular weight is 567 g/mol. The van der Waals surface area contributed by atoms with Crippen LogP contribution in [-0.4, -0.2) is 35.6 Å². The van der Waals surface area contributed by atoms with Gasteiger partial charge in [0, 0.05) is 4.47 Å². The van der Waals surface area contributed by atoms with E-state index in [-0.39, 0.29) is 11.4 Å². The molecule has 0 aliphatic carbocycles. The Morgan fingerprint density at radius 3 is 2.53 bits per heavy atom. The van der Waals surface area contributed by atoms with Crippen molar-refractivity contribution < 1.29 is 23.9 Å². The molecule has 0 aromatic heterocycles. The number of amides is 3. The molecule has 3 aromatic carbocycles. The van der Waals surface area contributed by atoms with Gasteiger partial charge >= 0.3 is 0 Å². The summed E-state index contributed by atoms with van der Waals surface area (Å²) in [4.78, 5) is 38.9. The van der Waals surface area contributed by atoms with Gasteiger partial charge in [-0.15, -0.1) is 0 Å². The van der Waals surface area contributed by atoms with Crippen LogP contribution < -0.4 is 14.8 Å². The lowest BCUT2D eigenvalue weighted by molar-refractivity contribution is -0.127. The minimum absolute atomic E-state index is 0.226. The number of imide groups is 1. The Labute approximate surface area is 221 Å². The molecule has 36 heavy (non-hydrogen) atoms. The summed E-state index contributed by atoms with van der Waals surface area (Å²) in [6.07, 6.45) is 1.60. The van der Waals surface area contributed by atoms with Crippen LogP contribution in [0.2, 0.25) is 0 Å². The molecule has 3 aromatic rings. The molecule has 0 radical (unpaired) electrons. The first-order chi connectivity index (χ1) is 17.3. The van der Waals surface area contributed by atoms with Gasteiger partial charge in [0.15, 0.2) is 11.5 Å². The summed E-state index contributed by atoms with van der Waals surface area (Å²) in [5, 5.41) is 2.20. The van der Waals surface area contributed by atoms with E-state index in [0.29, 0.717) is 33.8 Å². The van der Waals surface area contributed by atoms with Crippen molar-refractivity contribution in [3.05, 3.63) is 92.8 Å². The van der Waals surface area contributed by atoms with E-state index in [1.54, 1.807) is 42.5 Å². The number of hydrogen-bond acceptors (Lipinski definition) is 6. The van der Waals surface area contributed by atoms with Crippen molar-refractivity contribution in [3.63, 3.8) is 0 Å². The fourth-order valence-electron chi connectivity index (χ4n) is 3.42. The molecule has 0 bridgehead atoms. The number of carbonyl (C=O) groups is 3. The molecule has 1 saturated heterocycles. The van der Waals surface area contributed by atoms with Crippen LogP contribution in [-0.2, 0) is 16.2 Å². The lowest BCUT2D eigenvalue weighted by Gasteiger charge is -2.13. The highest BCUT2D eigenvalue weighted by Crippen LogP contribution is 2.35. The average Bonchev–Trinajstić information content (AvgIpc) is 3.12. The highest BCUT2D eigenvalue weighted by molar-refractivity contribution is 9.10. The summed E-state index contributed by atoms with van der Waals surface area (Å²) >= 11 is 4.15. The van der Waals surface area contributed by atoms with Gasteiger partial charge in [-0.25, -0.2) is 0 Å². The number of para-hydroxylation sites is 1. The first kappa shape index (κ1) is 25.5. The topological polar surface area (TPSA) is 84.9 Å². The minimum atomic E-state index is -0.522. The number of nitrogens with zero attached hydrogens (tertiary/aromatic N) is 1. The number of rotatable bonds is 8. The highest BCUT2D eigenvalue weighted by atomic mass is 79.9. The summed E-state index contributed by atoms with van der Waals surface area (Å²) in [6.45, 7) is 2.04. The molecule has 3 amide bonds. The molecule has 7 nitrogen and oxygen atoms in total. The third kappa shape index (κ3) is 6.16. The van der Waals surface area contributed by atoms with Crippen molar-refractivity contribution in [1.29, 1.82) is 0 Å². The fourth-order valence-corrected chi connectivity index (χ4v) is 4.64. The van der Waals surface area contributed by atoms with E-state index in [9.17, 15) is 14.4 Å². The molecule has 9 heteroatoms. The third-order valence-corrected chi connectivity index (χ3v) is 6.92. The number of aryl methyl sites for hydroxylation is 1. The predicted molar refractivity (Wildman–Crippen MR) is 144 cm³/mol. The molecule has 0 atom stereocenters. The van der Waals surface area contributed by atoms with Gasteiger partial charge in [0.2, 0.25) is 5.91 Å². The van der Waals surface area contributed by atoms with Gasteiger partial charge in [-0.2, -0.15) is 0 Å². The Balaban J connectivity index is 1.43. The van der Waals surface area contributed by atoms with Crippen molar-refractivity contribution in [1.82, 2.24) is 4.90 Å². The van der Waals surface area contributed by atoms with Gasteiger partial charge in [0.1, 0.15) is 13.2 Å². The number of anilines is 1. The molecule has 1 N–H and O–H groups in total. The first-order valence-corrected chi connectivity index (χ1v) is 12.6. The van der Waals surface area contributed by atoms with E-state index < -0.39 is 17.1 Å². The van der Waals surface area contributed by atoms with Gasteiger partial charge in [0.25, 0.3) is 11.1 Å². The summed E-state index contributed by atoms with van der Waals surface area (Å²) in [5.41, 5.74) is 3.43. The molecule has 1 heterocycles. The zero-order chi connectivity index (χ0) is 25.7. The second-order valence-electron chi connectivity index (χ2n) is 7.98. The molecular formula is C27H23BrN2O5S. The van der Waals surface area contributed by atoms with E-state index in [2.05, 4.69) is 21.2 Å². The fraction of sp³-hybridized carbons (Fsp3) is 0.148. The lowest BCUT2D eigenvalue weighted by atomic mass is 10.1. The van der Waals surface area contributed by atoms with Crippen molar-refractivity contribution in [2.24, 2.45) is 0 Å². The Morgan fingerprint density at radius 2 is 1.81 bits per heavy atom. The molecule has 1 aliphatic heterocycles. The standard InChI is InChI=1S/C27H23BrN2O5S/c1-17-7-9-18(10-8-17)16-35-22-12-11-19(13-23(22)34-2)14-24-26(32)30(27(33)36-24)15-25(31)29-21-6-4-3-5-20(21)28/h3-14H,15-16H2,1-2H3,(H,29,31)/b24-14+. The normalized spacial score (nSPS) is 14.3. The number of benzene rings is 3. The maximum atomic E-state index is 12.9. The summed E-state index contributed by atoms with van der Waals surface area (Å²) in [7, 11) is 1.54. The third-order valence-electron chi connectivity index (χ3n) is 5.32. The SMILES string of the molecule is COc1cc(/C=C2/SC(=O)N(CC(=O)Nc3ccccc3Br)C2=O)ccc1OCc1ccc(C)cc1. The van der Waals surface area contributed by atoms with E-state index in [4.69, 9.17) is 9.47 Å². The smallest absolute Gasteiger partial charge is 0.294 e. The van der Waals surface area contributed by atoms with Gasteiger partial charge in [-0.05, 0) is 76.1 Å². The maximum absolute atomic E-state index is 12.9. The second kappa shape index (κ2) is 11.5. The van der Waals surface area contributed by atoms with Crippen molar-refractivity contribution in [2.75, 3.05) is 19.0 Å². The zero-order valence-corrected chi connectivity index (χ0v) is 22.0. The molecule has 4 rings (SSSR count). The number of carbonyl (C=O) groups excluding carboxylic acids is 3. The van der Waals surface area contributed by atoms with E-state index >= 15 is 0 Å². The summed E-state index contributed by atoms with van der Waals surface area (Å²) < 4.78 is 12.1. The van der Waals surface area contributed by atoms with Crippen LogP contribution in [0.1, 0.15) is 16.7 Å². The maximum Gasteiger partial charge on any atom is 0.294 e. The highest BCUT2D eigenvalue weighted by Gasteiger charge is 2.36.